The normalized spacial score (nSPS) is 11.1. The third-order valence-electron chi connectivity index (χ3n) is 4.34. The van der Waals surface area contributed by atoms with E-state index in [0.29, 0.717) is 13.2 Å². The largest absolute Gasteiger partial charge is 0.465 e. The van der Waals surface area contributed by atoms with Gasteiger partial charge in [0.2, 0.25) is 0 Å². The number of carbonyl (C=O) groups is 2. The number of esters is 2. The van der Waals surface area contributed by atoms with Gasteiger partial charge in [-0.15, -0.1) is 0 Å². The lowest BCUT2D eigenvalue weighted by Gasteiger charge is -2.17. The van der Waals surface area contributed by atoms with Crippen molar-refractivity contribution in [3.63, 3.8) is 0 Å². The minimum absolute atomic E-state index is 0.286. The molecule has 0 atom stereocenters. The van der Waals surface area contributed by atoms with E-state index in [9.17, 15) is 9.59 Å². The van der Waals surface area contributed by atoms with Crippen LogP contribution in [0.1, 0.15) is 59.8 Å². The number of ether oxygens (including phenoxy) is 2. The van der Waals surface area contributed by atoms with Crippen molar-refractivity contribution in [2.75, 3.05) is 52.5 Å². The zero-order chi connectivity index (χ0) is 18.9. The lowest BCUT2D eigenvalue weighted by Crippen LogP contribution is -2.24. The standard InChI is InChI=1S/C19H38N2O4/c1-5-20(6-2)13-9-11-15-24-18(22)17-19(23)25-16-12-10-14-21(7-3)8-4/h5-17H2,1-4H3. The molecule has 148 valence electrons. The molecule has 0 aromatic rings. The van der Waals surface area contributed by atoms with E-state index in [4.69, 9.17) is 9.47 Å². The monoisotopic (exact) mass is 358 g/mol. The van der Waals surface area contributed by atoms with Gasteiger partial charge in [-0.2, -0.15) is 0 Å². The van der Waals surface area contributed by atoms with Gasteiger partial charge >= 0.3 is 11.9 Å². The molecule has 6 nitrogen and oxygen atoms in total. The van der Waals surface area contributed by atoms with Gasteiger partial charge in [-0.05, 0) is 65.0 Å². The minimum Gasteiger partial charge on any atom is -0.465 e. The smallest absolute Gasteiger partial charge is 0.317 e. The Morgan fingerprint density at radius 3 is 1.32 bits per heavy atom. The molecule has 0 saturated carbocycles. The minimum atomic E-state index is -0.490. The molecule has 0 N–H and O–H groups in total. The van der Waals surface area contributed by atoms with E-state index in [0.717, 1.165) is 65.0 Å². The predicted octanol–water partition coefficient (Wildman–Crippen LogP) is 2.71. The molecule has 0 aromatic carbocycles. The van der Waals surface area contributed by atoms with Gasteiger partial charge in [0.05, 0.1) is 13.2 Å². The molecule has 0 aliphatic carbocycles. The first kappa shape index (κ1) is 23.9. The highest BCUT2D eigenvalue weighted by Crippen LogP contribution is 2.00. The Morgan fingerprint density at radius 1 is 0.640 bits per heavy atom. The van der Waals surface area contributed by atoms with Crippen molar-refractivity contribution in [1.82, 2.24) is 9.80 Å². The maximum absolute atomic E-state index is 11.6. The Kier molecular flexibility index (Phi) is 15.6. The van der Waals surface area contributed by atoms with E-state index in [1.54, 1.807) is 0 Å². The van der Waals surface area contributed by atoms with Crippen molar-refractivity contribution in [3.8, 4) is 0 Å². The molecule has 0 aliphatic heterocycles. The molecular formula is C19H38N2O4. The van der Waals surface area contributed by atoms with E-state index >= 15 is 0 Å². The Morgan fingerprint density at radius 2 is 1.00 bits per heavy atom. The van der Waals surface area contributed by atoms with Crippen molar-refractivity contribution in [2.45, 2.75) is 59.8 Å². The van der Waals surface area contributed by atoms with Gasteiger partial charge in [0.25, 0.3) is 0 Å². The van der Waals surface area contributed by atoms with Crippen LogP contribution in [0.25, 0.3) is 0 Å². The summed E-state index contributed by atoms with van der Waals surface area (Å²) in [6, 6.07) is 0. The molecule has 0 radical (unpaired) electrons. The van der Waals surface area contributed by atoms with E-state index in [1.807, 2.05) is 0 Å². The first-order chi connectivity index (χ1) is 12.1. The molecular weight excluding hydrogens is 320 g/mol. The van der Waals surface area contributed by atoms with Gasteiger partial charge in [0, 0.05) is 0 Å². The Labute approximate surface area is 153 Å². The van der Waals surface area contributed by atoms with Crippen LogP contribution in [0.15, 0.2) is 0 Å². The summed E-state index contributed by atoms with van der Waals surface area (Å²) in [5.74, 6) is -0.980. The van der Waals surface area contributed by atoms with Crippen LogP contribution in [0.4, 0.5) is 0 Å². The lowest BCUT2D eigenvalue weighted by molar-refractivity contribution is -0.154. The topological polar surface area (TPSA) is 59.1 Å². The summed E-state index contributed by atoms with van der Waals surface area (Å²) in [6.45, 7) is 15.5. The first-order valence-corrected chi connectivity index (χ1v) is 9.83. The first-order valence-electron chi connectivity index (χ1n) is 9.83. The molecule has 0 aromatic heterocycles. The van der Waals surface area contributed by atoms with Crippen molar-refractivity contribution >= 4 is 11.9 Å². The molecule has 0 spiro atoms. The average Bonchev–Trinajstić information content (AvgIpc) is 2.61. The van der Waals surface area contributed by atoms with Gasteiger partial charge in [-0.25, -0.2) is 0 Å². The molecule has 0 aliphatic rings. The second kappa shape index (κ2) is 16.3. The number of rotatable bonds is 16. The quantitative estimate of drug-likeness (QED) is 0.240. The number of hydrogen-bond acceptors (Lipinski definition) is 6. The summed E-state index contributed by atoms with van der Waals surface area (Å²) < 4.78 is 10.2. The third kappa shape index (κ3) is 13.8. The summed E-state index contributed by atoms with van der Waals surface area (Å²) in [5.41, 5.74) is 0. The molecule has 25 heavy (non-hydrogen) atoms. The SMILES string of the molecule is CCN(CC)CCCCOC(=O)CC(=O)OCCCCN(CC)CC. The van der Waals surface area contributed by atoms with E-state index in [1.165, 1.54) is 0 Å². The van der Waals surface area contributed by atoms with Crippen LogP contribution < -0.4 is 0 Å². The van der Waals surface area contributed by atoms with E-state index in [-0.39, 0.29) is 6.42 Å². The van der Waals surface area contributed by atoms with Crippen LogP contribution in [0.3, 0.4) is 0 Å². The highest BCUT2D eigenvalue weighted by atomic mass is 16.6. The molecule has 0 saturated heterocycles. The van der Waals surface area contributed by atoms with Crippen molar-refractivity contribution in [1.29, 1.82) is 0 Å². The van der Waals surface area contributed by atoms with Crippen LogP contribution >= 0.6 is 0 Å². The zero-order valence-electron chi connectivity index (χ0n) is 16.7. The Balaban J connectivity index is 3.57. The van der Waals surface area contributed by atoms with Gasteiger partial charge in [-0.1, -0.05) is 27.7 Å². The Hall–Kier alpha value is -1.14. The predicted molar refractivity (Wildman–Crippen MR) is 101 cm³/mol. The average molecular weight is 359 g/mol. The number of nitrogens with zero attached hydrogens (tertiary/aromatic N) is 2. The summed E-state index contributed by atoms with van der Waals surface area (Å²) in [7, 11) is 0. The summed E-state index contributed by atoms with van der Waals surface area (Å²) in [5, 5.41) is 0. The van der Waals surface area contributed by atoms with Crippen LogP contribution in [-0.4, -0.2) is 74.2 Å². The van der Waals surface area contributed by atoms with E-state index in [2.05, 4.69) is 37.5 Å². The number of unbranched alkanes of at least 4 members (excludes halogenated alkanes) is 2. The maximum atomic E-state index is 11.6. The molecule has 0 fully saturated rings. The molecule has 6 heteroatoms. The van der Waals surface area contributed by atoms with Gasteiger partial charge in [-0.3, -0.25) is 9.59 Å². The van der Waals surface area contributed by atoms with Gasteiger partial charge in [0.15, 0.2) is 0 Å². The zero-order valence-corrected chi connectivity index (χ0v) is 16.7. The van der Waals surface area contributed by atoms with Crippen LogP contribution in [-0.2, 0) is 19.1 Å². The van der Waals surface area contributed by atoms with Gasteiger partial charge in [0.1, 0.15) is 6.42 Å². The number of hydrogen-bond donors (Lipinski definition) is 0. The Bertz CT molecular complexity index is 310. The van der Waals surface area contributed by atoms with Gasteiger partial charge < -0.3 is 19.3 Å². The molecule has 0 heterocycles. The van der Waals surface area contributed by atoms with Crippen molar-refractivity contribution in [2.24, 2.45) is 0 Å². The fourth-order valence-electron chi connectivity index (χ4n) is 2.55. The summed E-state index contributed by atoms with van der Waals surface area (Å²) >= 11 is 0. The third-order valence-corrected chi connectivity index (χ3v) is 4.34. The lowest BCUT2D eigenvalue weighted by atomic mass is 10.3. The molecule has 0 unspecified atom stereocenters. The molecule has 0 bridgehead atoms. The molecule has 0 rings (SSSR count). The van der Waals surface area contributed by atoms with Crippen LogP contribution in [0, 0.1) is 0 Å². The van der Waals surface area contributed by atoms with Crippen molar-refractivity contribution < 1.29 is 19.1 Å². The second-order valence-electron chi connectivity index (χ2n) is 6.09. The number of carbonyl (C=O) groups excluding carboxylic acids is 2. The highest BCUT2D eigenvalue weighted by Gasteiger charge is 2.12. The molecule has 0 amide bonds. The van der Waals surface area contributed by atoms with Crippen LogP contribution in [0.5, 0.6) is 0 Å². The van der Waals surface area contributed by atoms with E-state index < -0.39 is 11.9 Å². The fraction of sp³-hybridized carbons (Fsp3) is 0.895. The fourth-order valence-corrected chi connectivity index (χ4v) is 2.55. The maximum Gasteiger partial charge on any atom is 0.317 e. The van der Waals surface area contributed by atoms with Crippen LogP contribution in [0.2, 0.25) is 0 Å². The second-order valence-corrected chi connectivity index (χ2v) is 6.09. The highest BCUT2D eigenvalue weighted by molar-refractivity contribution is 5.91. The summed E-state index contributed by atoms with van der Waals surface area (Å²) in [6.07, 6.45) is 3.34. The van der Waals surface area contributed by atoms with Crippen molar-refractivity contribution in [3.05, 3.63) is 0 Å². The summed E-state index contributed by atoms with van der Waals surface area (Å²) in [4.78, 5) is 27.8.